The summed E-state index contributed by atoms with van der Waals surface area (Å²) in [6.07, 6.45) is 5.52. The van der Waals surface area contributed by atoms with Gasteiger partial charge in [-0.1, -0.05) is 12.1 Å². The number of pyridine rings is 1. The standard InChI is InChI=1S/C17H17N7O2S/c1-27(25,26)14-4-2-11(3-5-14)9-24-10-12(8-19-24)6-13-7-15(18)20-17-16(13)21-23-22-17/h2-5,7-8,10H,6,9H2,1H3,(H3,18,20,21,22,23). The summed E-state index contributed by atoms with van der Waals surface area (Å²) in [4.78, 5) is 4.44. The number of nitrogens with one attached hydrogen (secondary N) is 1. The van der Waals surface area contributed by atoms with Gasteiger partial charge in [0.05, 0.1) is 17.6 Å². The number of benzene rings is 1. The van der Waals surface area contributed by atoms with Gasteiger partial charge in [-0.05, 0) is 34.9 Å². The lowest BCUT2D eigenvalue weighted by molar-refractivity contribution is 0.602. The highest BCUT2D eigenvalue weighted by Crippen LogP contribution is 2.19. The smallest absolute Gasteiger partial charge is 0.203 e. The van der Waals surface area contributed by atoms with E-state index in [0.717, 1.165) is 16.7 Å². The van der Waals surface area contributed by atoms with Gasteiger partial charge in [0.1, 0.15) is 11.3 Å². The van der Waals surface area contributed by atoms with Crippen molar-refractivity contribution in [1.29, 1.82) is 0 Å². The van der Waals surface area contributed by atoms with Crippen LogP contribution in [0.25, 0.3) is 11.2 Å². The number of nitrogens with zero attached hydrogens (tertiary/aromatic N) is 5. The normalized spacial score (nSPS) is 11.9. The van der Waals surface area contributed by atoms with Gasteiger partial charge in [0, 0.05) is 18.9 Å². The summed E-state index contributed by atoms with van der Waals surface area (Å²) in [5.74, 6) is 0.393. The van der Waals surface area contributed by atoms with E-state index in [2.05, 4.69) is 25.5 Å². The molecule has 138 valence electrons. The third-order valence-corrected chi connectivity index (χ3v) is 5.30. The molecule has 0 amide bonds. The minimum Gasteiger partial charge on any atom is -0.384 e. The predicted octanol–water partition coefficient (Wildman–Crippen LogP) is 1.17. The number of hydrogen-bond donors (Lipinski definition) is 2. The van der Waals surface area contributed by atoms with Gasteiger partial charge < -0.3 is 5.73 Å². The van der Waals surface area contributed by atoms with Crippen LogP contribution in [0, 0.1) is 0 Å². The second kappa shape index (κ2) is 6.47. The second-order valence-electron chi connectivity index (χ2n) is 6.34. The number of H-pyrrole nitrogens is 1. The van der Waals surface area contributed by atoms with Crippen molar-refractivity contribution in [2.75, 3.05) is 12.0 Å². The Morgan fingerprint density at radius 2 is 1.93 bits per heavy atom. The zero-order valence-corrected chi connectivity index (χ0v) is 15.3. The number of rotatable bonds is 5. The third-order valence-electron chi connectivity index (χ3n) is 4.17. The Labute approximate surface area is 155 Å². The van der Waals surface area contributed by atoms with Crippen molar-refractivity contribution < 1.29 is 8.42 Å². The summed E-state index contributed by atoms with van der Waals surface area (Å²) in [6, 6.07) is 8.58. The average Bonchev–Trinajstić information content (AvgIpc) is 3.24. The fourth-order valence-corrected chi connectivity index (χ4v) is 3.52. The molecule has 10 heteroatoms. The van der Waals surface area contributed by atoms with Crippen molar-refractivity contribution in [1.82, 2.24) is 30.2 Å². The van der Waals surface area contributed by atoms with Crippen molar-refractivity contribution in [3.8, 4) is 0 Å². The summed E-state index contributed by atoms with van der Waals surface area (Å²) < 4.78 is 24.9. The summed E-state index contributed by atoms with van der Waals surface area (Å²) >= 11 is 0. The van der Waals surface area contributed by atoms with Crippen LogP contribution >= 0.6 is 0 Å². The van der Waals surface area contributed by atoms with Crippen molar-refractivity contribution >= 4 is 26.8 Å². The first kappa shape index (κ1) is 17.2. The maximum atomic E-state index is 11.5. The van der Waals surface area contributed by atoms with Crippen molar-refractivity contribution in [3.63, 3.8) is 0 Å². The van der Waals surface area contributed by atoms with E-state index >= 15 is 0 Å². The molecule has 0 unspecified atom stereocenters. The van der Waals surface area contributed by atoms with E-state index in [1.165, 1.54) is 6.26 Å². The van der Waals surface area contributed by atoms with Crippen LogP contribution in [0.5, 0.6) is 0 Å². The molecule has 0 aliphatic carbocycles. The van der Waals surface area contributed by atoms with E-state index in [0.29, 0.717) is 34.8 Å². The lowest BCUT2D eigenvalue weighted by Crippen LogP contribution is -2.01. The first-order valence-corrected chi connectivity index (χ1v) is 10.0. The number of nitrogens with two attached hydrogens (primary N) is 1. The molecule has 0 saturated heterocycles. The van der Waals surface area contributed by atoms with E-state index in [9.17, 15) is 8.42 Å². The Hall–Kier alpha value is -3.27. The van der Waals surface area contributed by atoms with Gasteiger partial charge in [-0.25, -0.2) is 13.4 Å². The van der Waals surface area contributed by atoms with Gasteiger partial charge in [0.2, 0.25) is 5.65 Å². The van der Waals surface area contributed by atoms with Gasteiger partial charge in [-0.3, -0.25) is 4.68 Å². The Morgan fingerprint density at radius 1 is 1.15 bits per heavy atom. The number of fused-ring (bicyclic) bond motifs is 1. The number of hydrogen-bond acceptors (Lipinski definition) is 7. The molecule has 0 bridgehead atoms. The third kappa shape index (κ3) is 3.65. The minimum atomic E-state index is -3.19. The molecular weight excluding hydrogens is 366 g/mol. The number of aromatic nitrogens is 6. The van der Waals surface area contributed by atoms with Gasteiger partial charge in [-0.2, -0.15) is 15.4 Å². The van der Waals surface area contributed by atoms with Gasteiger partial charge in [0.25, 0.3) is 0 Å². The molecule has 3 aromatic heterocycles. The maximum Gasteiger partial charge on any atom is 0.203 e. The molecular formula is C17H17N7O2S. The second-order valence-corrected chi connectivity index (χ2v) is 8.36. The number of aromatic amines is 1. The summed E-state index contributed by atoms with van der Waals surface area (Å²) in [6.45, 7) is 0.544. The van der Waals surface area contributed by atoms with Crippen molar-refractivity contribution in [2.24, 2.45) is 0 Å². The zero-order chi connectivity index (χ0) is 19.0. The first-order chi connectivity index (χ1) is 12.9. The molecule has 0 fully saturated rings. The van der Waals surface area contributed by atoms with Crippen molar-refractivity contribution in [3.05, 3.63) is 59.4 Å². The minimum absolute atomic E-state index is 0.305. The Morgan fingerprint density at radius 3 is 2.67 bits per heavy atom. The molecule has 0 radical (unpaired) electrons. The number of sulfone groups is 1. The quantitative estimate of drug-likeness (QED) is 0.528. The summed E-state index contributed by atoms with van der Waals surface area (Å²) in [7, 11) is -3.19. The summed E-state index contributed by atoms with van der Waals surface area (Å²) in [5, 5.41) is 15.0. The molecule has 4 rings (SSSR count). The molecule has 4 aromatic rings. The lowest BCUT2D eigenvalue weighted by atomic mass is 10.1. The van der Waals surface area contributed by atoms with E-state index in [1.807, 2.05) is 6.20 Å². The fourth-order valence-electron chi connectivity index (χ4n) is 2.89. The highest BCUT2D eigenvalue weighted by Gasteiger charge is 2.11. The highest BCUT2D eigenvalue weighted by atomic mass is 32.2. The Balaban J connectivity index is 1.52. The van der Waals surface area contributed by atoms with Crippen LogP contribution in [0.15, 0.2) is 47.6 Å². The molecule has 9 nitrogen and oxygen atoms in total. The zero-order valence-electron chi connectivity index (χ0n) is 14.5. The number of anilines is 1. The largest absolute Gasteiger partial charge is 0.384 e. The van der Waals surface area contributed by atoms with Crippen LogP contribution in [-0.2, 0) is 22.8 Å². The predicted molar refractivity (Wildman–Crippen MR) is 99.8 cm³/mol. The average molecular weight is 383 g/mol. The van der Waals surface area contributed by atoms with Gasteiger partial charge in [0.15, 0.2) is 9.84 Å². The van der Waals surface area contributed by atoms with Crippen LogP contribution in [0.4, 0.5) is 5.82 Å². The van der Waals surface area contributed by atoms with E-state index in [4.69, 9.17) is 5.73 Å². The molecule has 3 N–H and O–H groups in total. The van der Waals surface area contributed by atoms with Gasteiger partial charge in [-0.15, -0.1) is 5.10 Å². The number of nitrogen functional groups attached to an aromatic ring is 1. The fraction of sp³-hybridized carbons (Fsp3) is 0.176. The Bertz CT molecular complexity index is 1210. The van der Waals surface area contributed by atoms with E-state index in [-0.39, 0.29) is 0 Å². The van der Waals surface area contributed by atoms with E-state index in [1.54, 1.807) is 41.2 Å². The molecule has 27 heavy (non-hydrogen) atoms. The first-order valence-electron chi connectivity index (χ1n) is 8.15. The van der Waals surface area contributed by atoms with Crippen LogP contribution < -0.4 is 5.73 Å². The molecule has 1 aromatic carbocycles. The monoisotopic (exact) mass is 383 g/mol. The van der Waals surface area contributed by atoms with Gasteiger partial charge >= 0.3 is 0 Å². The molecule has 0 saturated carbocycles. The summed E-state index contributed by atoms with van der Waals surface area (Å²) in [5.41, 5.74) is 9.89. The maximum absolute atomic E-state index is 11.5. The molecule has 0 spiro atoms. The van der Waals surface area contributed by atoms with E-state index < -0.39 is 9.84 Å². The van der Waals surface area contributed by atoms with Crippen LogP contribution in [0.3, 0.4) is 0 Å². The Kier molecular flexibility index (Phi) is 4.11. The van der Waals surface area contributed by atoms with Crippen LogP contribution in [0.2, 0.25) is 0 Å². The topological polar surface area (TPSA) is 132 Å². The van der Waals surface area contributed by atoms with Crippen LogP contribution in [-0.4, -0.2) is 44.8 Å². The lowest BCUT2D eigenvalue weighted by Gasteiger charge is -2.04. The molecule has 0 aliphatic rings. The SMILES string of the molecule is CS(=O)(=O)c1ccc(Cn2cc(Cc3cc(N)nc4n[nH]nc34)cn2)cc1. The highest BCUT2D eigenvalue weighted by molar-refractivity contribution is 7.90. The van der Waals surface area contributed by atoms with Crippen molar-refractivity contribution in [2.45, 2.75) is 17.9 Å². The molecule has 3 heterocycles. The molecule has 0 aliphatic heterocycles. The molecule has 0 atom stereocenters. The van der Waals surface area contributed by atoms with Crippen LogP contribution in [0.1, 0.15) is 16.7 Å².